The number of anilines is 2. The third-order valence-electron chi connectivity index (χ3n) is 4.80. The van der Waals surface area contributed by atoms with Crippen molar-refractivity contribution >= 4 is 29.0 Å². The molecule has 0 atom stereocenters. The van der Waals surface area contributed by atoms with E-state index < -0.39 is 11.5 Å². The van der Waals surface area contributed by atoms with Crippen LogP contribution in [-0.4, -0.2) is 63.9 Å². The van der Waals surface area contributed by atoms with Gasteiger partial charge in [-0.25, -0.2) is 4.79 Å². The number of hydrogen-bond donors (Lipinski definition) is 2. The van der Waals surface area contributed by atoms with Crippen LogP contribution in [-0.2, 0) is 23.1 Å². The number of methoxy groups -OCH3 is 1. The van der Waals surface area contributed by atoms with Crippen LogP contribution >= 0.6 is 0 Å². The average molecular weight is 377 g/mol. The van der Waals surface area contributed by atoms with Gasteiger partial charge in [0.2, 0.25) is 11.9 Å². The SMILES string of the molecule is CCn1c(N2CCNCC2)nc2nc(NC(C)(C)C(=O)OC)n(C)c(=O)c21. The number of rotatable bonds is 5. The van der Waals surface area contributed by atoms with Gasteiger partial charge in [0.15, 0.2) is 11.2 Å². The normalized spacial score (nSPS) is 15.2. The summed E-state index contributed by atoms with van der Waals surface area (Å²) in [5, 5.41) is 6.31. The van der Waals surface area contributed by atoms with Gasteiger partial charge in [0.25, 0.3) is 5.56 Å². The van der Waals surface area contributed by atoms with Crippen molar-refractivity contribution in [2.24, 2.45) is 7.05 Å². The Bertz CT molecular complexity index is 909. The quantitative estimate of drug-likeness (QED) is 0.697. The fraction of sp³-hybridized carbons (Fsp3) is 0.647. The van der Waals surface area contributed by atoms with Gasteiger partial charge in [-0.3, -0.25) is 9.36 Å². The Balaban J connectivity index is 2.10. The predicted octanol–water partition coefficient (Wildman–Crippen LogP) is -0.0770. The van der Waals surface area contributed by atoms with Crippen LogP contribution < -0.4 is 21.1 Å². The van der Waals surface area contributed by atoms with Crippen LogP contribution in [0.2, 0.25) is 0 Å². The lowest BCUT2D eigenvalue weighted by molar-refractivity contribution is -0.144. The molecule has 0 radical (unpaired) electrons. The maximum absolute atomic E-state index is 13.0. The molecule has 0 aromatic carbocycles. The summed E-state index contributed by atoms with van der Waals surface area (Å²) in [7, 11) is 2.95. The lowest BCUT2D eigenvalue weighted by Gasteiger charge is -2.28. The first-order valence-corrected chi connectivity index (χ1v) is 9.09. The summed E-state index contributed by atoms with van der Waals surface area (Å²) >= 11 is 0. The maximum atomic E-state index is 13.0. The summed E-state index contributed by atoms with van der Waals surface area (Å²) in [6.45, 7) is 9.34. The maximum Gasteiger partial charge on any atom is 0.330 e. The van der Waals surface area contributed by atoms with Crippen LogP contribution in [0, 0.1) is 0 Å². The van der Waals surface area contributed by atoms with Crippen LogP contribution in [0.15, 0.2) is 4.79 Å². The smallest absolute Gasteiger partial charge is 0.330 e. The third-order valence-corrected chi connectivity index (χ3v) is 4.80. The number of aryl methyl sites for hydroxylation is 1. The van der Waals surface area contributed by atoms with Crippen molar-refractivity contribution in [1.82, 2.24) is 24.4 Å². The van der Waals surface area contributed by atoms with E-state index >= 15 is 0 Å². The van der Waals surface area contributed by atoms with Gasteiger partial charge in [-0.05, 0) is 20.8 Å². The zero-order valence-corrected chi connectivity index (χ0v) is 16.5. The summed E-state index contributed by atoms with van der Waals surface area (Å²) < 4.78 is 8.13. The molecule has 0 aliphatic carbocycles. The van der Waals surface area contributed by atoms with E-state index in [0.29, 0.717) is 17.7 Å². The zero-order valence-electron chi connectivity index (χ0n) is 16.5. The lowest BCUT2D eigenvalue weighted by Crippen LogP contribution is -2.44. The molecule has 0 unspecified atom stereocenters. The van der Waals surface area contributed by atoms with Crippen molar-refractivity contribution in [3.63, 3.8) is 0 Å². The molecule has 3 heterocycles. The molecule has 1 aliphatic rings. The second kappa shape index (κ2) is 7.18. The van der Waals surface area contributed by atoms with Gasteiger partial charge < -0.3 is 24.8 Å². The van der Waals surface area contributed by atoms with E-state index in [1.54, 1.807) is 20.9 Å². The minimum atomic E-state index is -1.03. The van der Waals surface area contributed by atoms with Gasteiger partial charge in [0, 0.05) is 39.8 Å². The number of piperazine rings is 1. The van der Waals surface area contributed by atoms with Gasteiger partial charge in [-0.1, -0.05) is 0 Å². The number of esters is 1. The molecular weight excluding hydrogens is 350 g/mol. The number of imidazole rings is 1. The summed E-state index contributed by atoms with van der Waals surface area (Å²) in [5.41, 5.74) is -0.403. The van der Waals surface area contributed by atoms with E-state index in [1.807, 2.05) is 11.5 Å². The Morgan fingerprint density at radius 2 is 1.96 bits per heavy atom. The molecule has 27 heavy (non-hydrogen) atoms. The summed E-state index contributed by atoms with van der Waals surface area (Å²) in [6.07, 6.45) is 0. The molecule has 1 saturated heterocycles. The fourth-order valence-electron chi connectivity index (χ4n) is 3.25. The molecule has 148 valence electrons. The Hall–Kier alpha value is -2.62. The molecule has 10 heteroatoms. The Morgan fingerprint density at radius 3 is 2.56 bits per heavy atom. The van der Waals surface area contributed by atoms with Gasteiger partial charge in [0.05, 0.1) is 7.11 Å². The van der Waals surface area contributed by atoms with Crippen molar-refractivity contribution in [2.45, 2.75) is 32.9 Å². The topological polar surface area (TPSA) is 106 Å². The monoisotopic (exact) mass is 377 g/mol. The number of aromatic nitrogens is 4. The van der Waals surface area contributed by atoms with Crippen molar-refractivity contribution in [3.8, 4) is 0 Å². The van der Waals surface area contributed by atoms with Gasteiger partial charge in [0.1, 0.15) is 5.54 Å². The minimum absolute atomic E-state index is 0.209. The molecule has 2 aromatic rings. The molecule has 0 amide bonds. The number of carbonyl (C=O) groups is 1. The highest BCUT2D eigenvalue weighted by Crippen LogP contribution is 2.22. The standard InChI is InChI=1S/C17H27N7O3/c1-6-24-11-12(20-16(24)23-9-7-18-8-10-23)19-15(22(4)13(11)25)21-17(2,3)14(26)27-5/h18H,6-10H2,1-5H3,(H,19,21). The Labute approximate surface area is 157 Å². The Kier molecular flexibility index (Phi) is 5.09. The van der Waals surface area contributed by atoms with Crippen LogP contribution in [0.3, 0.4) is 0 Å². The van der Waals surface area contributed by atoms with E-state index in [0.717, 1.165) is 32.1 Å². The number of carbonyl (C=O) groups excluding carboxylic acids is 1. The molecule has 3 rings (SSSR count). The van der Waals surface area contributed by atoms with Crippen molar-refractivity contribution in [2.75, 3.05) is 43.5 Å². The Morgan fingerprint density at radius 1 is 1.30 bits per heavy atom. The molecule has 0 spiro atoms. The first-order chi connectivity index (χ1) is 12.8. The fourth-order valence-corrected chi connectivity index (χ4v) is 3.25. The average Bonchev–Trinajstić information content (AvgIpc) is 3.04. The molecule has 0 saturated carbocycles. The molecule has 2 aromatic heterocycles. The van der Waals surface area contributed by atoms with Gasteiger partial charge in [-0.15, -0.1) is 0 Å². The van der Waals surface area contributed by atoms with Crippen LogP contribution in [0.5, 0.6) is 0 Å². The zero-order chi connectivity index (χ0) is 19.8. The minimum Gasteiger partial charge on any atom is -0.467 e. The summed E-state index contributed by atoms with van der Waals surface area (Å²) in [6, 6.07) is 0. The second-order valence-electron chi connectivity index (χ2n) is 7.11. The van der Waals surface area contributed by atoms with Crippen molar-refractivity contribution in [1.29, 1.82) is 0 Å². The van der Waals surface area contributed by atoms with Crippen molar-refractivity contribution < 1.29 is 9.53 Å². The predicted molar refractivity (Wildman–Crippen MR) is 103 cm³/mol. The van der Waals surface area contributed by atoms with Crippen LogP contribution in [0.25, 0.3) is 11.2 Å². The number of nitrogens with one attached hydrogen (secondary N) is 2. The van der Waals surface area contributed by atoms with E-state index in [-0.39, 0.29) is 11.5 Å². The molecule has 0 bridgehead atoms. The summed E-state index contributed by atoms with van der Waals surface area (Å²) in [5.74, 6) is 0.580. The molecule has 2 N–H and O–H groups in total. The van der Waals surface area contributed by atoms with E-state index in [4.69, 9.17) is 4.74 Å². The lowest BCUT2D eigenvalue weighted by atomic mass is 10.1. The van der Waals surface area contributed by atoms with E-state index in [2.05, 4.69) is 25.5 Å². The molecular formula is C17H27N7O3. The highest BCUT2D eigenvalue weighted by atomic mass is 16.5. The third kappa shape index (κ3) is 3.36. The summed E-state index contributed by atoms with van der Waals surface area (Å²) in [4.78, 5) is 36.3. The van der Waals surface area contributed by atoms with Crippen LogP contribution in [0.1, 0.15) is 20.8 Å². The van der Waals surface area contributed by atoms with Gasteiger partial charge >= 0.3 is 5.97 Å². The second-order valence-corrected chi connectivity index (χ2v) is 7.11. The molecule has 1 fully saturated rings. The van der Waals surface area contributed by atoms with Crippen LogP contribution in [0.4, 0.5) is 11.9 Å². The van der Waals surface area contributed by atoms with E-state index in [1.165, 1.54) is 11.7 Å². The number of hydrogen-bond acceptors (Lipinski definition) is 8. The van der Waals surface area contributed by atoms with E-state index in [9.17, 15) is 9.59 Å². The largest absolute Gasteiger partial charge is 0.467 e. The number of fused-ring (bicyclic) bond motifs is 1. The first-order valence-electron chi connectivity index (χ1n) is 9.09. The molecule has 1 aliphatic heterocycles. The first kappa shape index (κ1) is 19.2. The van der Waals surface area contributed by atoms with Crippen molar-refractivity contribution in [3.05, 3.63) is 10.4 Å². The van der Waals surface area contributed by atoms with Gasteiger partial charge in [-0.2, -0.15) is 9.97 Å². The number of nitrogens with zero attached hydrogens (tertiary/aromatic N) is 5. The highest BCUT2D eigenvalue weighted by Gasteiger charge is 2.31. The molecule has 10 nitrogen and oxygen atoms in total. The number of ether oxygens (including phenoxy) is 1. The highest BCUT2D eigenvalue weighted by molar-refractivity contribution is 5.83.